The largest absolute Gasteiger partial charge is 0.461 e. The summed E-state index contributed by atoms with van der Waals surface area (Å²) in [6.45, 7) is 1.66. The Hall–Kier alpha value is -3.02. The molecular formula is C16H12N2O4. The zero-order valence-electron chi connectivity index (χ0n) is 11.7. The molecule has 0 bridgehead atoms. The Morgan fingerprint density at radius 3 is 2.77 bits per heavy atom. The number of aryl methyl sites for hydroxylation is 1. The Labute approximate surface area is 126 Å². The van der Waals surface area contributed by atoms with Crippen LogP contribution in [0.5, 0.6) is 0 Å². The van der Waals surface area contributed by atoms with Crippen LogP contribution in [0.15, 0.2) is 47.5 Å². The van der Waals surface area contributed by atoms with Gasteiger partial charge in [0.25, 0.3) is 5.69 Å². The summed E-state index contributed by atoms with van der Waals surface area (Å²) in [5, 5.41) is 11.0. The van der Waals surface area contributed by atoms with Crippen LogP contribution in [0.4, 0.5) is 11.4 Å². The van der Waals surface area contributed by atoms with Crippen LogP contribution in [-0.2, 0) is 9.53 Å². The fourth-order valence-electron chi connectivity index (χ4n) is 2.32. The van der Waals surface area contributed by atoms with Gasteiger partial charge < -0.3 is 4.74 Å². The van der Waals surface area contributed by atoms with Crippen molar-refractivity contribution in [3.63, 3.8) is 0 Å². The zero-order chi connectivity index (χ0) is 15.7. The lowest BCUT2D eigenvalue weighted by molar-refractivity contribution is -0.385. The third-order valence-corrected chi connectivity index (χ3v) is 3.48. The van der Waals surface area contributed by atoms with Crippen LogP contribution >= 0.6 is 0 Å². The van der Waals surface area contributed by atoms with Gasteiger partial charge in [0.15, 0.2) is 12.4 Å². The maximum absolute atomic E-state index is 11.2. The van der Waals surface area contributed by atoms with Gasteiger partial charge in [-0.15, -0.1) is 0 Å². The molecule has 22 heavy (non-hydrogen) atoms. The Kier molecular flexibility index (Phi) is 3.42. The molecule has 6 heteroatoms. The van der Waals surface area contributed by atoms with Gasteiger partial charge in [-0.3, -0.25) is 14.9 Å². The number of nitro benzene ring substituents is 1. The molecule has 0 amide bonds. The summed E-state index contributed by atoms with van der Waals surface area (Å²) in [4.78, 5) is 26.2. The molecule has 0 saturated heterocycles. The number of hydrogen-bond acceptors (Lipinski definition) is 5. The van der Waals surface area contributed by atoms with E-state index < -0.39 is 11.0 Å². The first kappa shape index (κ1) is 13.9. The molecule has 1 heterocycles. The molecule has 0 aromatic heterocycles. The van der Waals surface area contributed by atoms with Crippen molar-refractivity contribution in [1.29, 1.82) is 0 Å². The lowest BCUT2D eigenvalue weighted by atomic mass is 10.1. The average molecular weight is 296 g/mol. The molecular weight excluding hydrogens is 284 g/mol. The second-order valence-corrected chi connectivity index (χ2v) is 4.91. The van der Waals surface area contributed by atoms with Crippen LogP contribution < -0.4 is 0 Å². The molecule has 0 aliphatic carbocycles. The van der Waals surface area contributed by atoms with Gasteiger partial charge in [-0.2, -0.15) is 0 Å². The summed E-state index contributed by atoms with van der Waals surface area (Å²) in [7, 11) is 0. The monoisotopic (exact) mass is 296 g/mol. The van der Waals surface area contributed by atoms with Gasteiger partial charge in [0.1, 0.15) is 0 Å². The Morgan fingerprint density at radius 2 is 2.05 bits per heavy atom. The number of ether oxygens (including phenoxy) is 1. The van der Waals surface area contributed by atoms with Crippen molar-refractivity contribution in [2.45, 2.75) is 13.0 Å². The molecule has 110 valence electrons. The predicted octanol–water partition coefficient (Wildman–Crippen LogP) is 3.25. The Bertz CT molecular complexity index is 798. The van der Waals surface area contributed by atoms with Crippen molar-refractivity contribution in [2.24, 2.45) is 4.99 Å². The lowest BCUT2D eigenvalue weighted by Crippen LogP contribution is -2.18. The number of aliphatic imine (C=N–C) groups is 1. The number of rotatable bonds is 3. The number of fused-ring (bicyclic) bond motifs is 1. The van der Waals surface area contributed by atoms with Crippen LogP contribution in [-0.4, -0.2) is 17.1 Å². The number of nitro groups is 1. The smallest absolute Gasteiger partial charge is 0.273 e. The number of para-hydroxylation sites is 1. The van der Waals surface area contributed by atoms with Crippen molar-refractivity contribution in [3.8, 4) is 0 Å². The Balaban J connectivity index is 2.10. The van der Waals surface area contributed by atoms with Crippen LogP contribution in [0.2, 0.25) is 0 Å². The van der Waals surface area contributed by atoms with Crippen LogP contribution in [0.3, 0.4) is 0 Å². The van der Waals surface area contributed by atoms with Crippen molar-refractivity contribution in [1.82, 2.24) is 0 Å². The standard InChI is InChI=1S/C16H12N2O4/c1-10-6-7-11(8-14(10)18(20)21)16-17-13-5-3-2-4-12(13)15(9-19)22-16/h2-9,15H,1H3. The van der Waals surface area contributed by atoms with Crippen LogP contribution in [0, 0.1) is 17.0 Å². The first-order valence-corrected chi connectivity index (χ1v) is 6.65. The molecule has 0 fully saturated rings. The number of hydrogen-bond donors (Lipinski definition) is 0. The number of benzene rings is 2. The van der Waals surface area contributed by atoms with E-state index in [4.69, 9.17) is 4.74 Å². The molecule has 1 aliphatic heterocycles. The van der Waals surface area contributed by atoms with Gasteiger partial charge in [-0.05, 0) is 19.1 Å². The highest BCUT2D eigenvalue weighted by Crippen LogP contribution is 2.33. The van der Waals surface area contributed by atoms with E-state index in [0.717, 1.165) is 0 Å². The maximum Gasteiger partial charge on any atom is 0.273 e. The minimum atomic E-state index is -0.760. The summed E-state index contributed by atoms with van der Waals surface area (Å²) >= 11 is 0. The Morgan fingerprint density at radius 1 is 1.27 bits per heavy atom. The van der Waals surface area contributed by atoms with E-state index in [2.05, 4.69) is 4.99 Å². The fourth-order valence-corrected chi connectivity index (χ4v) is 2.32. The predicted molar refractivity (Wildman–Crippen MR) is 80.4 cm³/mol. The van der Waals surface area contributed by atoms with Crippen LogP contribution in [0.1, 0.15) is 22.8 Å². The molecule has 0 saturated carbocycles. The summed E-state index contributed by atoms with van der Waals surface area (Å²) in [5.74, 6) is 0.207. The number of carbonyl (C=O) groups is 1. The zero-order valence-corrected chi connectivity index (χ0v) is 11.7. The van der Waals surface area contributed by atoms with E-state index >= 15 is 0 Å². The summed E-state index contributed by atoms with van der Waals surface area (Å²) in [6, 6.07) is 11.9. The third kappa shape index (κ3) is 2.35. The van der Waals surface area contributed by atoms with E-state index in [1.165, 1.54) is 6.07 Å². The van der Waals surface area contributed by atoms with Crippen molar-refractivity contribution >= 4 is 23.6 Å². The van der Waals surface area contributed by atoms with Crippen molar-refractivity contribution < 1.29 is 14.5 Å². The molecule has 2 aromatic rings. The normalized spacial score (nSPS) is 16.2. The highest BCUT2D eigenvalue weighted by molar-refractivity contribution is 5.99. The average Bonchev–Trinajstić information content (AvgIpc) is 2.54. The van der Waals surface area contributed by atoms with Gasteiger partial charge in [0.05, 0.1) is 10.6 Å². The quantitative estimate of drug-likeness (QED) is 0.494. The van der Waals surface area contributed by atoms with E-state index in [1.807, 2.05) is 6.07 Å². The van der Waals surface area contributed by atoms with E-state index in [-0.39, 0.29) is 11.6 Å². The molecule has 3 rings (SSSR count). The van der Waals surface area contributed by atoms with Gasteiger partial charge >= 0.3 is 0 Å². The summed E-state index contributed by atoms with van der Waals surface area (Å²) < 4.78 is 5.58. The van der Waals surface area contributed by atoms with Gasteiger partial charge in [0.2, 0.25) is 5.90 Å². The lowest BCUT2D eigenvalue weighted by Gasteiger charge is -2.22. The highest BCUT2D eigenvalue weighted by atomic mass is 16.6. The second kappa shape index (κ2) is 5.40. The third-order valence-electron chi connectivity index (χ3n) is 3.48. The maximum atomic E-state index is 11.2. The molecule has 1 atom stereocenters. The van der Waals surface area contributed by atoms with E-state index in [0.29, 0.717) is 28.7 Å². The second-order valence-electron chi connectivity index (χ2n) is 4.91. The molecule has 1 aliphatic rings. The first-order chi connectivity index (χ1) is 10.6. The van der Waals surface area contributed by atoms with E-state index in [1.54, 1.807) is 37.3 Å². The van der Waals surface area contributed by atoms with E-state index in [9.17, 15) is 14.9 Å². The van der Waals surface area contributed by atoms with Crippen molar-refractivity contribution in [3.05, 3.63) is 69.3 Å². The number of nitrogens with zero attached hydrogens (tertiary/aromatic N) is 2. The van der Waals surface area contributed by atoms with Gasteiger partial charge in [-0.1, -0.05) is 24.3 Å². The summed E-state index contributed by atoms with van der Waals surface area (Å²) in [6.07, 6.45) is -0.0695. The van der Waals surface area contributed by atoms with Crippen LogP contribution in [0.25, 0.3) is 0 Å². The van der Waals surface area contributed by atoms with Gasteiger partial charge in [-0.25, -0.2) is 4.99 Å². The summed E-state index contributed by atoms with van der Waals surface area (Å²) in [5.41, 5.74) is 2.33. The minimum absolute atomic E-state index is 0.00897. The van der Waals surface area contributed by atoms with Gasteiger partial charge in [0, 0.05) is 22.8 Å². The molecule has 1 unspecified atom stereocenters. The number of aldehydes is 1. The molecule has 0 N–H and O–H groups in total. The fraction of sp³-hybridized carbons (Fsp3) is 0.125. The van der Waals surface area contributed by atoms with Crippen molar-refractivity contribution in [2.75, 3.05) is 0 Å². The molecule has 6 nitrogen and oxygen atoms in total. The highest BCUT2D eigenvalue weighted by Gasteiger charge is 2.25. The first-order valence-electron chi connectivity index (χ1n) is 6.65. The molecule has 2 aromatic carbocycles. The number of carbonyl (C=O) groups excluding carboxylic acids is 1. The topological polar surface area (TPSA) is 81.8 Å². The SMILES string of the molecule is Cc1ccc(C2=Nc3ccccc3C(C=O)O2)cc1[N+](=O)[O-]. The minimum Gasteiger partial charge on any atom is -0.461 e. The molecule has 0 spiro atoms. The molecule has 0 radical (unpaired) electrons.